The van der Waals surface area contributed by atoms with Gasteiger partial charge < -0.3 is 4.90 Å². The van der Waals surface area contributed by atoms with Crippen molar-refractivity contribution in [3.63, 3.8) is 0 Å². The Labute approximate surface area is 137 Å². The summed E-state index contributed by atoms with van der Waals surface area (Å²) in [5.74, 6) is 0.536. The van der Waals surface area contributed by atoms with Crippen LogP contribution in [0.1, 0.15) is 39.7 Å². The van der Waals surface area contributed by atoms with Gasteiger partial charge in [0.2, 0.25) is 4.96 Å². The number of aryl methyl sites for hydroxylation is 1. The summed E-state index contributed by atoms with van der Waals surface area (Å²) in [4.78, 5) is 15.4. The van der Waals surface area contributed by atoms with Gasteiger partial charge in [-0.3, -0.25) is 4.79 Å². The maximum Gasteiger partial charge on any atom is 0.253 e. The summed E-state index contributed by atoms with van der Waals surface area (Å²) in [5, 5.41) is 13.5. The minimum atomic E-state index is 0.130. The van der Waals surface area contributed by atoms with Gasteiger partial charge in [0.05, 0.1) is 0 Å². The Bertz CT molecular complexity index is 818. The first-order valence-corrected chi connectivity index (χ1v) is 8.55. The highest BCUT2D eigenvalue weighted by atomic mass is 32.1. The Hall–Kier alpha value is -2.28. The lowest BCUT2D eigenvalue weighted by Gasteiger charge is -2.31. The number of aromatic nitrogens is 4. The van der Waals surface area contributed by atoms with E-state index >= 15 is 0 Å². The molecule has 6 nitrogen and oxygen atoms in total. The molecule has 1 fully saturated rings. The van der Waals surface area contributed by atoms with E-state index in [4.69, 9.17) is 0 Å². The van der Waals surface area contributed by atoms with Gasteiger partial charge in [-0.2, -0.15) is 9.61 Å². The van der Waals surface area contributed by atoms with E-state index in [1.165, 1.54) is 0 Å². The molecule has 0 bridgehead atoms. The summed E-state index contributed by atoms with van der Waals surface area (Å²) in [6.45, 7) is 3.56. The van der Waals surface area contributed by atoms with E-state index in [0.29, 0.717) is 5.92 Å². The first-order chi connectivity index (χ1) is 11.2. The Morgan fingerprint density at radius 2 is 2.13 bits per heavy atom. The van der Waals surface area contributed by atoms with Crippen molar-refractivity contribution in [2.24, 2.45) is 0 Å². The number of carbonyl (C=O) groups excluding carboxylic acids is 1. The molecule has 0 saturated carbocycles. The number of likely N-dealkylation sites (tertiary alicyclic amines) is 1. The van der Waals surface area contributed by atoms with Crippen LogP contribution in [-0.2, 0) is 0 Å². The second kappa shape index (κ2) is 5.73. The number of fused-ring (bicyclic) bond motifs is 1. The van der Waals surface area contributed by atoms with Crippen molar-refractivity contribution in [3.8, 4) is 0 Å². The molecule has 3 heterocycles. The third kappa shape index (κ3) is 2.72. The van der Waals surface area contributed by atoms with Gasteiger partial charge in [-0.05, 0) is 31.9 Å². The highest BCUT2D eigenvalue weighted by Gasteiger charge is 2.27. The Morgan fingerprint density at radius 1 is 1.30 bits per heavy atom. The SMILES string of the molecule is Cc1cccc(C(=O)N2CCC(c3nn4cnnc4s3)CC2)c1. The molecule has 118 valence electrons. The van der Waals surface area contributed by atoms with Gasteiger partial charge in [-0.1, -0.05) is 29.0 Å². The van der Waals surface area contributed by atoms with E-state index < -0.39 is 0 Å². The molecule has 0 unspecified atom stereocenters. The van der Waals surface area contributed by atoms with E-state index in [1.54, 1.807) is 22.2 Å². The molecule has 0 spiro atoms. The van der Waals surface area contributed by atoms with Crippen molar-refractivity contribution in [1.29, 1.82) is 0 Å². The van der Waals surface area contributed by atoms with Gasteiger partial charge in [0.15, 0.2) is 0 Å². The molecule has 0 N–H and O–H groups in total. The average Bonchev–Trinajstić information content (AvgIpc) is 3.16. The molecule has 1 amide bonds. The molecule has 0 atom stereocenters. The van der Waals surface area contributed by atoms with Crippen molar-refractivity contribution in [3.05, 3.63) is 46.7 Å². The molecule has 2 aromatic heterocycles. The van der Waals surface area contributed by atoms with E-state index in [2.05, 4.69) is 15.3 Å². The Balaban J connectivity index is 1.44. The van der Waals surface area contributed by atoms with E-state index in [1.807, 2.05) is 36.1 Å². The minimum absolute atomic E-state index is 0.130. The Kier molecular flexibility index (Phi) is 3.57. The van der Waals surface area contributed by atoms with Gasteiger partial charge in [0.1, 0.15) is 11.3 Å². The van der Waals surface area contributed by atoms with Crippen LogP contribution in [0.15, 0.2) is 30.6 Å². The second-order valence-electron chi connectivity index (χ2n) is 5.93. The van der Waals surface area contributed by atoms with Gasteiger partial charge in [0, 0.05) is 24.6 Å². The number of nitrogens with zero attached hydrogens (tertiary/aromatic N) is 5. The van der Waals surface area contributed by atoms with Gasteiger partial charge in [-0.25, -0.2) is 0 Å². The summed E-state index contributed by atoms with van der Waals surface area (Å²) in [6.07, 6.45) is 3.52. The average molecular weight is 327 g/mol. The summed E-state index contributed by atoms with van der Waals surface area (Å²) in [7, 11) is 0. The molecule has 3 aromatic rings. The quantitative estimate of drug-likeness (QED) is 0.725. The highest BCUT2D eigenvalue weighted by Crippen LogP contribution is 2.31. The zero-order chi connectivity index (χ0) is 15.8. The lowest BCUT2D eigenvalue weighted by molar-refractivity contribution is 0.0712. The van der Waals surface area contributed by atoms with E-state index in [0.717, 1.165) is 47.0 Å². The monoisotopic (exact) mass is 327 g/mol. The van der Waals surface area contributed by atoms with Crippen molar-refractivity contribution in [2.45, 2.75) is 25.7 Å². The molecule has 1 saturated heterocycles. The van der Waals surface area contributed by atoms with E-state index in [9.17, 15) is 4.79 Å². The number of carbonyl (C=O) groups is 1. The topological polar surface area (TPSA) is 63.4 Å². The van der Waals surface area contributed by atoms with Crippen molar-refractivity contribution in [2.75, 3.05) is 13.1 Å². The van der Waals surface area contributed by atoms with Crippen LogP contribution in [0.5, 0.6) is 0 Å². The van der Waals surface area contributed by atoms with Crippen molar-refractivity contribution in [1.82, 2.24) is 24.7 Å². The van der Waals surface area contributed by atoms with Crippen LogP contribution in [0.2, 0.25) is 0 Å². The fourth-order valence-corrected chi connectivity index (χ4v) is 4.02. The van der Waals surface area contributed by atoms with Gasteiger partial charge in [0.25, 0.3) is 5.91 Å². The molecule has 1 aliphatic rings. The standard InChI is InChI=1S/C16H17N5OS/c1-11-3-2-4-13(9-11)15(22)20-7-5-12(6-8-20)14-19-21-10-17-18-16(21)23-14/h2-4,9-10,12H,5-8H2,1H3. The molecule has 23 heavy (non-hydrogen) atoms. The zero-order valence-electron chi connectivity index (χ0n) is 12.8. The molecule has 0 radical (unpaired) electrons. The van der Waals surface area contributed by atoms with Crippen LogP contribution in [-0.4, -0.2) is 43.7 Å². The lowest BCUT2D eigenvalue weighted by Crippen LogP contribution is -2.37. The molecular formula is C16H17N5OS. The number of benzene rings is 1. The first kappa shape index (κ1) is 14.3. The molecule has 1 aliphatic heterocycles. The zero-order valence-corrected chi connectivity index (χ0v) is 13.7. The van der Waals surface area contributed by atoms with Gasteiger partial charge in [-0.15, -0.1) is 10.2 Å². The number of amides is 1. The summed E-state index contributed by atoms with van der Waals surface area (Å²) in [6, 6.07) is 7.80. The van der Waals surface area contributed by atoms with Crippen LogP contribution in [0.25, 0.3) is 4.96 Å². The summed E-state index contributed by atoms with van der Waals surface area (Å²) < 4.78 is 1.73. The fraction of sp³-hybridized carbons (Fsp3) is 0.375. The molecule has 1 aromatic carbocycles. The molecule has 7 heteroatoms. The predicted molar refractivity (Wildman–Crippen MR) is 87.7 cm³/mol. The normalized spacial score (nSPS) is 16.1. The number of hydrogen-bond acceptors (Lipinski definition) is 5. The number of hydrogen-bond donors (Lipinski definition) is 0. The summed E-state index contributed by atoms with van der Waals surface area (Å²) in [5.41, 5.74) is 1.90. The highest BCUT2D eigenvalue weighted by molar-refractivity contribution is 7.16. The van der Waals surface area contributed by atoms with Crippen LogP contribution in [0, 0.1) is 6.92 Å². The molecular weight excluding hydrogens is 310 g/mol. The van der Waals surface area contributed by atoms with Crippen LogP contribution in [0.3, 0.4) is 0 Å². The number of piperidine rings is 1. The maximum atomic E-state index is 12.6. The third-order valence-electron chi connectivity index (χ3n) is 4.30. The van der Waals surface area contributed by atoms with Crippen molar-refractivity contribution < 1.29 is 4.79 Å². The first-order valence-electron chi connectivity index (χ1n) is 7.73. The third-order valence-corrected chi connectivity index (χ3v) is 5.37. The summed E-state index contributed by atoms with van der Waals surface area (Å²) >= 11 is 1.59. The lowest BCUT2D eigenvalue weighted by atomic mass is 9.97. The Morgan fingerprint density at radius 3 is 2.87 bits per heavy atom. The van der Waals surface area contributed by atoms with Crippen LogP contribution in [0.4, 0.5) is 0 Å². The minimum Gasteiger partial charge on any atom is -0.339 e. The van der Waals surface area contributed by atoms with E-state index in [-0.39, 0.29) is 5.91 Å². The van der Waals surface area contributed by atoms with Crippen LogP contribution >= 0.6 is 11.3 Å². The molecule has 0 aliphatic carbocycles. The van der Waals surface area contributed by atoms with Gasteiger partial charge >= 0.3 is 0 Å². The maximum absolute atomic E-state index is 12.6. The smallest absolute Gasteiger partial charge is 0.253 e. The molecule has 4 rings (SSSR count). The largest absolute Gasteiger partial charge is 0.339 e. The fourth-order valence-electron chi connectivity index (χ4n) is 3.03. The second-order valence-corrected chi connectivity index (χ2v) is 6.92. The van der Waals surface area contributed by atoms with Crippen molar-refractivity contribution >= 4 is 22.2 Å². The number of rotatable bonds is 2. The van der Waals surface area contributed by atoms with Crippen LogP contribution < -0.4 is 0 Å². The predicted octanol–water partition coefficient (Wildman–Crippen LogP) is 2.51.